The number of unbranched alkanes of at least 4 members (excludes halogenated alkanes) is 1. The van der Waals surface area contributed by atoms with Crippen molar-refractivity contribution in [3.63, 3.8) is 0 Å². The van der Waals surface area contributed by atoms with E-state index in [1.54, 1.807) is 20.9 Å². The first-order valence-electron chi connectivity index (χ1n) is 22.6. The van der Waals surface area contributed by atoms with Crippen molar-refractivity contribution in [1.29, 1.82) is 0 Å². The molecule has 5 rings (SSSR count). The van der Waals surface area contributed by atoms with Crippen molar-refractivity contribution in [2.24, 2.45) is 16.5 Å². The summed E-state index contributed by atoms with van der Waals surface area (Å²) >= 11 is 1.44. The van der Waals surface area contributed by atoms with Crippen LogP contribution < -0.4 is 42.2 Å². The Morgan fingerprint density at radius 1 is 0.761 bits per heavy atom. The molecule has 1 aliphatic heterocycles. The summed E-state index contributed by atoms with van der Waals surface area (Å²) in [5.41, 5.74) is 16.6. The van der Waals surface area contributed by atoms with Gasteiger partial charge in [0.15, 0.2) is 0 Å². The number of guanidine groups is 1. The van der Waals surface area contributed by atoms with Crippen LogP contribution in [0.2, 0.25) is 0 Å². The summed E-state index contributed by atoms with van der Waals surface area (Å²) in [5.74, 6) is -2.07. The van der Waals surface area contributed by atoms with E-state index < -0.39 is 68.7 Å². The molecule has 0 spiro atoms. The van der Waals surface area contributed by atoms with E-state index in [-0.39, 0.29) is 36.0 Å². The number of amides is 4. The zero-order chi connectivity index (χ0) is 48.9. The molecule has 0 radical (unpaired) electrons. The van der Waals surface area contributed by atoms with Crippen molar-refractivity contribution < 1.29 is 32.3 Å². The summed E-state index contributed by atoms with van der Waals surface area (Å²) in [7, 11) is -2.49. The largest absolute Gasteiger partial charge is 0.487 e. The molecule has 0 unspecified atom stereocenters. The highest BCUT2D eigenvalue weighted by Crippen LogP contribution is 2.49. The number of nitrogens with one attached hydrogen (secondary N) is 5. The van der Waals surface area contributed by atoms with Crippen LogP contribution in [0.25, 0.3) is 0 Å². The van der Waals surface area contributed by atoms with Gasteiger partial charge in [-0.05, 0) is 94.3 Å². The second-order valence-corrected chi connectivity index (χ2v) is 20.3. The van der Waals surface area contributed by atoms with Gasteiger partial charge in [0.1, 0.15) is 23.4 Å². The van der Waals surface area contributed by atoms with Crippen LogP contribution in [0, 0.1) is 20.8 Å². The van der Waals surface area contributed by atoms with E-state index in [9.17, 15) is 27.6 Å². The van der Waals surface area contributed by atoms with Gasteiger partial charge in [-0.15, -0.1) is 11.8 Å². The minimum atomic E-state index is -4.16. The average Bonchev–Trinajstić information content (AvgIpc) is 3.64. The van der Waals surface area contributed by atoms with Crippen molar-refractivity contribution in [2.75, 3.05) is 25.9 Å². The Morgan fingerprint density at radius 2 is 1.28 bits per heavy atom. The fourth-order valence-corrected chi connectivity index (χ4v) is 11.5. The normalized spacial score (nSPS) is 14.8. The lowest BCUT2D eigenvalue weighted by molar-refractivity contribution is -0.132. The second kappa shape index (κ2) is 23.2. The summed E-state index contributed by atoms with van der Waals surface area (Å²) in [6, 6.07) is 26.6. The van der Waals surface area contributed by atoms with Gasteiger partial charge in [0, 0.05) is 24.3 Å². The highest BCUT2D eigenvalue weighted by molar-refractivity contribution is 8.00. The van der Waals surface area contributed by atoms with E-state index >= 15 is 0 Å². The molecule has 0 saturated carbocycles. The number of fused-ring (bicyclic) bond motifs is 1. The Labute approximate surface area is 399 Å². The number of benzene rings is 4. The summed E-state index contributed by atoms with van der Waals surface area (Å²) in [5, 5.41) is 11.4. The molecular weight excluding hydrogens is 889 g/mol. The monoisotopic (exact) mass is 954 g/mol. The van der Waals surface area contributed by atoms with Gasteiger partial charge in [-0.1, -0.05) is 111 Å². The van der Waals surface area contributed by atoms with Crippen molar-refractivity contribution >= 4 is 51.4 Å². The Morgan fingerprint density at radius 3 is 1.81 bits per heavy atom. The van der Waals surface area contributed by atoms with Gasteiger partial charge in [-0.2, -0.15) is 0 Å². The molecule has 67 heavy (non-hydrogen) atoms. The summed E-state index contributed by atoms with van der Waals surface area (Å²) in [6.07, 6.45) is 2.93. The summed E-state index contributed by atoms with van der Waals surface area (Å²) in [6.45, 7) is 10.8. The van der Waals surface area contributed by atoms with Crippen LogP contribution in [0.3, 0.4) is 0 Å². The molecule has 9 N–H and O–H groups in total. The quantitative estimate of drug-likeness (QED) is 0.0233. The molecule has 4 amide bonds. The number of ether oxygens (including phenoxy) is 1. The highest BCUT2D eigenvalue weighted by atomic mass is 32.2. The number of rotatable bonds is 23. The first kappa shape index (κ1) is 52.1. The zero-order valence-corrected chi connectivity index (χ0v) is 41.2. The summed E-state index contributed by atoms with van der Waals surface area (Å²) < 4.78 is 35.4. The van der Waals surface area contributed by atoms with Crippen LogP contribution in [-0.4, -0.2) is 87.6 Å². The third-order valence-corrected chi connectivity index (χ3v) is 15.2. The number of aliphatic imine (C=N–C) groups is 1. The lowest BCUT2D eigenvalue weighted by atomic mass is 9.84. The van der Waals surface area contributed by atoms with Crippen molar-refractivity contribution in [1.82, 2.24) is 26.0 Å². The van der Waals surface area contributed by atoms with Crippen LogP contribution in [0.15, 0.2) is 101 Å². The van der Waals surface area contributed by atoms with E-state index in [1.165, 1.54) is 11.8 Å². The Bertz CT molecular complexity index is 2410. The van der Waals surface area contributed by atoms with E-state index in [2.05, 4.69) is 31.0 Å². The Balaban J connectivity index is 1.41. The van der Waals surface area contributed by atoms with E-state index in [4.69, 9.17) is 16.2 Å². The van der Waals surface area contributed by atoms with Gasteiger partial charge in [0.2, 0.25) is 29.6 Å². The number of hydrogen-bond donors (Lipinski definition) is 7. The number of primary amides is 1. The van der Waals surface area contributed by atoms with Crippen LogP contribution in [0.5, 0.6) is 5.75 Å². The van der Waals surface area contributed by atoms with Gasteiger partial charge in [-0.3, -0.25) is 24.2 Å². The van der Waals surface area contributed by atoms with Crippen LogP contribution >= 0.6 is 11.8 Å². The van der Waals surface area contributed by atoms with Crippen LogP contribution in [-0.2, 0) is 40.4 Å². The van der Waals surface area contributed by atoms with Gasteiger partial charge >= 0.3 is 0 Å². The molecule has 0 aromatic heterocycles. The van der Waals surface area contributed by atoms with E-state index in [1.807, 2.05) is 119 Å². The highest BCUT2D eigenvalue weighted by Gasteiger charge is 2.40. The Kier molecular flexibility index (Phi) is 18.0. The number of sulfonamides is 1. The molecule has 17 heteroatoms. The standard InChI is InChI=1S/C50H66N8O7S2/c1-8-9-26-39(53-7)46(61)56-40(27-19-28-54-48(52)58-67(63,64)44-33(3)32(2)43-38(34(44)4)29-49(5,6)65-43)47(62)57-41(45(60)55-30-42(51)59)31-66-50(35-20-13-10-14-21-35,36-22-15-11-16-23-36)37-24-17-12-18-25-37/h10-18,20-25,39-41,53H,8-9,19,26-31H2,1-7H3,(H2,51,59)(H,55,60)(H,56,61)(H,57,62)(H3,52,54,58)/t39-,40-,41-/m0/s1. The molecule has 15 nitrogen and oxygen atoms in total. The Hall–Kier alpha value is -5.91. The first-order valence-corrected chi connectivity index (χ1v) is 25.1. The summed E-state index contributed by atoms with van der Waals surface area (Å²) in [4.78, 5) is 58.5. The molecule has 4 aromatic carbocycles. The van der Waals surface area contributed by atoms with Crippen LogP contribution in [0.1, 0.15) is 91.8 Å². The van der Waals surface area contributed by atoms with Gasteiger partial charge in [-0.25, -0.2) is 13.1 Å². The SMILES string of the molecule is CCCC[C@H](NC)C(=O)N[C@@H](CCCN=C(N)NS(=O)(=O)c1c(C)c(C)c2c(c1C)CC(C)(C)O2)C(=O)N[C@@H](CSC(c1ccccc1)(c1ccccc1)c1ccccc1)C(=O)NCC(N)=O. The van der Waals surface area contributed by atoms with Crippen molar-refractivity contribution in [2.45, 2.75) is 113 Å². The molecule has 0 aliphatic carbocycles. The maximum absolute atomic E-state index is 14.5. The minimum Gasteiger partial charge on any atom is -0.487 e. The maximum atomic E-state index is 14.5. The number of nitrogens with zero attached hydrogens (tertiary/aromatic N) is 1. The third kappa shape index (κ3) is 13.0. The fraction of sp³-hybridized carbons (Fsp3) is 0.420. The fourth-order valence-electron chi connectivity index (χ4n) is 8.45. The molecule has 360 valence electrons. The number of carbonyl (C=O) groups excluding carboxylic acids is 4. The topological polar surface area (TPSA) is 236 Å². The number of likely N-dealkylation sites (N-methyl/N-ethyl adjacent to an activating group) is 1. The maximum Gasteiger partial charge on any atom is 0.264 e. The molecule has 3 atom stereocenters. The molecule has 0 saturated heterocycles. The van der Waals surface area contributed by atoms with E-state index in [0.29, 0.717) is 29.7 Å². The average molecular weight is 955 g/mol. The van der Waals surface area contributed by atoms with Gasteiger partial charge < -0.3 is 37.5 Å². The predicted octanol–water partition coefficient (Wildman–Crippen LogP) is 4.77. The molecule has 1 heterocycles. The van der Waals surface area contributed by atoms with E-state index in [0.717, 1.165) is 40.7 Å². The number of hydrogen-bond acceptors (Lipinski definition) is 10. The third-order valence-electron chi connectivity index (χ3n) is 12.0. The van der Waals surface area contributed by atoms with Crippen LogP contribution in [0.4, 0.5) is 0 Å². The lowest BCUT2D eigenvalue weighted by Gasteiger charge is -2.36. The second-order valence-electron chi connectivity index (χ2n) is 17.4. The molecular formula is C50H66N8O7S2. The number of carbonyl (C=O) groups is 4. The first-order chi connectivity index (χ1) is 31.8. The van der Waals surface area contributed by atoms with Crippen molar-refractivity contribution in [3.8, 4) is 5.75 Å². The predicted molar refractivity (Wildman–Crippen MR) is 265 cm³/mol. The molecule has 0 bridgehead atoms. The van der Waals surface area contributed by atoms with Crippen molar-refractivity contribution in [3.05, 3.63) is 130 Å². The number of nitrogens with two attached hydrogens (primary N) is 2. The minimum absolute atomic E-state index is 0.00533. The van der Waals surface area contributed by atoms with Gasteiger partial charge in [0.25, 0.3) is 10.0 Å². The molecule has 0 fully saturated rings. The molecule has 1 aliphatic rings. The van der Waals surface area contributed by atoms with Gasteiger partial charge in [0.05, 0.1) is 22.2 Å². The lowest BCUT2D eigenvalue weighted by Crippen LogP contribution is -2.57. The molecule has 4 aromatic rings. The number of thioether (sulfide) groups is 1. The zero-order valence-electron chi connectivity index (χ0n) is 39.5. The smallest absolute Gasteiger partial charge is 0.264 e.